The van der Waals surface area contributed by atoms with Crippen molar-refractivity contribution in [1.82, 2.24) is 0 Å². The number of hydrogen-bond acceptors (Lipinski definition) is 4. The van der Waals surface area contributed by atoms with Gasteiger partial charge in [0.25, 0.3) is 10.0 Å². The SMILES string of the molecule is CN(c1ccc(C(O)(c2ccccc2)C(F)(F)F)cc1)S(=O)(=O)c1cc(Cl)sc1Cl. The van der Waals surface area contributed by atoms with Crippen LogP contribution >= 0.6 is 34.5 Å². The Morgan fingerprint density at radius 1 is 0.967 bits per heavy atom. The summed E-state index contributed by atoms with van der Waals surface area (Å²) in [5, 5.41) is 10.6. The second kappa shape index (κ2) is 8.05. The summed E-state index contributed by atoms with van der Waals surface area (Å²) in [5.41, 5.74) is -3.98. The molecule has 160 valence electrons. The maximum Gasteiger partial charge on any atom is 0.425 e. The van der Waals surface area contributed by atoms with E-state index in [2.05, 4.69) is 0 Å². The molecular formula is C19H14Cl2F3NO3S2. The third-order valence-electron chi connectivity index (χ3n) is 4.51. The van der Waals surface area contributed by atoms with Crippen LogP contribution in [0.15, 0.2) is 65.6 Å². The van der Waals surface area contributed by atoms with Gasteiger partial charge in [-0.15, -0.1) is 11.3 Å². The van der Waals surface area contributed by atoms with Gasteiger partial charge in [0.15, 0.2) is 0 Å². The van der Waals surface area contributed by atoms with Gasteiger partial charge >= 0.3 is 6.18 Å². The number of nitrogens with zero attached hydrogens (tertiary/aromatic N) is 1. The first kappa shape index (κ1) is 22.9. The van der Waals surface area contributed by atoms with Crippen LogP contribution in [0, 0.1) is 0 Å². The fourth-order valence-electron chi connectivity index (χ4n) is 2.87. The van der Waals surface area contributed by atoms with E-state index in [-0.39, 0.29) is 24.8 Å². The summed E-state index contributed by atoms with van der Waals surface area (Å²) >= 11 is 12.6. The van der Waals surface area contributed by atoms with E-state index < -0.39 is 27.4 Å². The molecule has 3 aromatic rings. The summed E-state index contributed by atoms with van der Waals surface area (Å²) in [4.78, 5) is -0.207. The van der Waals surface area contributed by atoms with Crippen LogP contribution in [0.1, 0.15) is 11.1 Å². The van der Waals surface area contributed by atoms with Crippen molar-refractivity contribution in [2.45, 2.75) is 16.7 Å². The molecule has 1 heterocycles. The molecule has 0 fully saturated rings. The molecule has 1 N–H and O–H groups in total. The van der Waals surface area contributed by atoms with E-state index in [9.17, 15) is 26.7 Å². The van der Waals surface area contributed by atoms with Gasteiger partial charge < -0.3 is 5.11 Å². The summed E-state index contributed by atoms with van der Waals surface area (Å²) < 4.78 is 68.0. The molecule has 4 nitrogen and oxygen atoms in total. The Bertz CT molecular complexity index is 1150. The summed E-state index contributed by atoms with van der Waals surface area (Å²) in [6.07, 6.45) is -5.01. The molecule has 0 aliphatic rings. The highest BCUT2D eigenvalue weighted by Crippen LogP contribution is 2.44. The molecule has 0 bridgehead atoms. The van der Waals surface area contributed by atoms with Crippen molar-refractivity contribution in [3.05, 3.63) is 80.5 Å². The molecule has 0 amide bonds. The van der Waals surface area contributed by atoms with Crippen molar-refractivity contribution in [3.8, 4) is 0 Å². The molecule has 0 aliphatic carbocycles. The van der Waals surface area contributed by atoms with Gasteiger partial charge in [-0.2, -0.15) is 13.2 Å². The van der Waals surface area contributed by atoms with E-state index in [1.165, 1.54) is 55.6 Å². The van der Waals surface area contributed by atoms with E-state index >= 15 is 0 Å². The van der Waals surface area contributed by atoms with Crippen LogP contribution in [-0.2, 0) is 15.6 Å². The average molecular weight is 496 g/mol. The van der Waals surface area contributed by atoms with Crippen LogP contribution in [0.4, 0.5) is 18.9 Å². The average Bonchev–Trinajstić information content (AvgIpc) is 3.05. The highest BCUT2D eigenvalue weighted by molar-refractivity contribution is 7.93. The van der Waals surface area contributed by atoms with Crippen molar-refractivity contribution in [2.75, 3.05) is 11.4 Å². The highest BCUT2D eigenvalue weighted by atomic mass is 35.5. The second-order valence-corrected chi connectivity index (χ2v) is 10.5. The number of aliphatic hydroxyl groups is 1. The lowest BCUT2D eigenvalue weighted by molar-refractivity contribution is -0.248. The van der Waals surface area contributed by atoms with Crippen LogP contribution in [0.2, 0.25) is 8.67 Å². The smallest absolute Gasteiger partial charge is 0.372 e. The molecule has 2 aromatic carbocycles. The summed E-state index contributed by atoms with van der Waals surface area (Å²) in [6, 6.07) is 12.3. The molecule has 3 rings (SSSR count). The molecule has 0 saturated heterocycles. The van der Waals surface area contributed by atoms with Gasteiger partial charge in [-0.25, -0.2) is 8.42 Å². The summed E-state index contributed by atoms with van der Waals surface area (Å²) in [6.45, 7) is 0. The molecule has 1 atom stereocenters. The van der Waals surface area contributed by atoms with Gasteiger partial charge in [0.1, 0.15) is 9.23 Å². The molecule has 0 radical (unpaired) electrons. The number of hydrogen-bond donors (Lipinski definition) is 1. The number of alkyl halides is 3. The van der Waals surface area contributed by atoms with Gasteiger partial charge in [0, 0.05) is 7.05 Å². The zero-order valence-corrected chi connectivity index (χ0v) is 18.3. The minimum atomic E-state index is -5.01. The Labute approximate surface area is 185 Å². The maximum atomic E-state index is 13.8. The number of thiophene rings is 1. The maximum absolute atomic E-state index is 13.8. The molecule has 0 spiro atoms. The van der Waals surface area contributed by atoms with Gasteiger partial charge in [-0.05, 0) is 29.3 Å². The number of rotatable bonds is 5. The number of sulfonamides is 1. The predicted octanol–water partition coefficient (Wildman–Crippen LogP) is 5.68. The van der Waals surface area contributed by atoms with Gasteiger partial charge in [0.2, 0.25) is 5.60 Å². The van der Waals surface area contributed by atoms with E-state index in [0.29, 0.717) is 0 Å². The highest BCUT2D eigenvalue weighted by Gasteiger charge is 2.56. The van der Waals surface area contributed by atoms with E-state index in [1.807, 2.05) is 0 Å². The zero-order chi connectivity index (χ0) is 22.3. The van der Waals surface area contributed by atoms with E-state index in [4.69, 9.17) is 23.2 Å². The van der Waals surface area contributed by atoms with Gasteiger partial charge in [0.05, 0.1) is 10.0 Å². The topological polar surface area (TPSA) is 57.6 Å². The summed E-state index contributed by atoms with van der Waals surface area (Å²) in [5.74, 6) is 0. The molecule has 11 heteroatoms. The van der Waals surface area contributed by atoms with Crippen molar-refractivity contribution in [2.24, 2.45) is 0 Å². The zero-order valence-electron chi connectivity index (χ0n) is 15.2. The molecular weight excluding hydrogens is 482 g/mol. The lowest BCUT2D eigenvalue weighted by atomic mass is 9.85. The van der Waals surface area contributed by atoms with Crippen LogP contribution in [-0.4, -0.2) is 26.7 Å². The lowest BCUT2D eigenvalue weighted by Crippen LogP contribution is -2.43. The van der Waals surface area contributed by atoms with Crippen LogP contribution in [0.5, 0.6) is 0 Å². The fraction of sp³-hybridized carbons (Fsp3) is 0.158. The Morgan fingerprint density at radius 2 is 1.50 bits per heavy atom. The first-order valence-corrected chi connectivity index (χ1v) is 11.3. The standard InChI is InChI=1S/C19H14Cl2F3NO3S2/c1-25(30(27,28)15-11-16(20)29-17(15)21)14-9-7-13(8-10-14)18(26,19(22,23)24)12-5-3-2-4-6-12/h2-11,26H,1H3. The fourth-order valence-corrected chi connectivity index (χ4v) is 6.18. The quantitative estimate of drug-likeness (QED) is 0.495. The minimum Gasteiger partial charge on any atom is -0.372 e. The summed E-state index contributed by atoms with van der Waals surface area (Å²) in [7, 11) is -2.85. The van der Waals surface area contributed by atoms with Gasteiger partial charge in [-0.1, -0.05) is 65.7 Å². The van der Waals surface area contributed by atoms with Crippen molar-refractivity contribution in [1.29, 1.82) is 0 Å². The molecule has 0 saturated carbocycles. The molecule has 30 heavy (non-hydrogen) atoms. The van der Waals surface area contributed by atoms with Crippen LogP contribution in [0.3, 0.4) is 0 Å². The largest absolute Gasteiger partial charge is 0.425 e. The Morgan fingerprint density at radius 3 is 1.97 bits per heavy atom. The molecule has 1 unspecified atom stereocenters. The van der Waals surface area contributed by atoms with E-state index in [0.717, 1.165) is 27.8 Å². The van der Waals surface area contributed by atoms with E-state index in [1.54, 1.807) is 0 Å². The normalized spacial score (nSPS) is 14.4. The third-order valence-corrected chi connectivity index (χ3v) is 8.05. The monoisotopic (exact) mass is 495 g/mol. The first-order chi connectivity index (χ1) is 13.9. The third kappa shape index (κ3) is 3.92. The molecule has 0 aliphatic heterocycles. The lowest BCUT2D eigenvalue weighted by Gasteiger charge is -2.32. The van der Waals surface area contributed by atoms with Crippen molar-refractivity contribution < 1.29 is 26.7 Å². The number of anilines is 1. The number of halogens is 5. The Hall–Kier alpha value is -1.78. The van der Waals surface area contributed by atoms with Crippen LogP contribution in [0.25, 0.3) is 0 Å². The minimum absolute atomic E-state index is 0.0287. The van der Waals surface area contributed by atoms with Gasteiger partial charge in [-0.3, -0.25) is 4.31 Å². The molecule has 1 aromatic heterocycles. The number of benzene rings is 2. The van der Waals surface area contributed by atoms with Crippen molar-refractivity contribution in [3.63, 3.8) is 0 Å². The second-order valence-electron chi connectivity index (χ2n) is 6.28. The first-order valence-electron chi connectivity index (χ1n) is 8.28. The van der Waals surface area contributed by atoms with Crippen molar-refractivity contribution >= 4 is 50.2 Å². The Kier molecular flexibility index (Phi) is 6.14. The van der Waals surface area contributed by atoms with Crippen LogP contribution < -0.4 is 4.31 Å². The Balaban J connectivity index is 2.02. The predicted molar refractivity (Wildman–Crippen MR) is 112 cm³/mol.